The van der Waals surface area contributed by atoms with E-state index in [1.807, 2.05) is 6.08 Å². The topological polar surface area (TPSA) is 55.7 Å². The predicted octanol–water partition coefficient (Wildman–Crippen LogP) is 2.85. The van der Waals surface area contributed by atoms with E-state index in [4.69, 9.17) is 0 Å². The molecule has 0 unspecified atom stereocenters. The molecule has 1 heterocycles. The van der Waals surface area contributed by atoms with E-state index in [1.54, 1.807) is 12.1 Å². The van der Waals surface area contributed by atoms with Crippen LogP contribution < -0.4 is 5.32 Å². The van der Waals surface area contributed by atoms with E-state index >= 15 is 0 Å². The van der Waals surface area contributed by atoms with Gasteiger partial charge >= 0.3 is 0 Å². The molecule has 1 fully saturated rings. The van der Waals surface area contributed by atoms with E-state index in [1.165, 1.54) is 6.07 Å². The fourth-order valence-corrected chi connectivity index (χ4v) is 2.61. The fourth-order valence-electron chi connectivity index (χ4n) is 2.61. The molecule has 2 rings (SSSR count). The Bertz CT molecular complexity index is 438. The molecule has 0 spiro atoms. The van der Waals surface area contributed by atoms with Crippen molar-refractivity contribution < 1.29 is 10.2 Å². The largest absolute Gasteiger partial charge is 0.508 e. The Kier molecular flexibility index (Phi) is 9.46. The lowest BCUT2D eigenvalue weighted by Crippen LogP contribution is -2.45. The zero-order valence-corrected chi connectivity index (χ0v) is 13.6. The number of allylic oxidation sites excluding steroid dienone is 1. The third kappa shape index (κ3) is 5.40. The van der Waals surface area contributed by atoms with Crippen LogP contribution in [0.2, 0.25) is 0 Å². The lowest BCUT2D eigenvalue weighted by atomic mass is 9.98. The van der Waals surface area contributed by atoms with Gasteiger partial charge < -0.3 is 15.5 Å². The van der Waals surface area contributed by atoms with Gasteiger partial charge in [0.2, 0.25) is 0 Å². The summed E-state index contributed by atoms with van der Waals surface area (Å²) in [6.45, 7) is 7.60. The molecule has 0 radical (unpaired) electrons. The summed E-state index contributed by atoms with van der Waals surface area (Å²) in [7, 11) is 0. The molecule has 0 aliphatic carbocycles. The molecule has 3 N–H and O–H groups in total. The van der Waals surface area contributed by atoms with Gasteiger partial charge in [-0.25, -0.2) is 0 Å². The van der Waals surface area contributed by atoms with Gasteiger partial charge in [-0.3, -0.25) is 4.90 Å². The Morgan fingerprint density at radius 2 is 1.90 bits per heavy atom. The van der Waals surface area contributed by atoms with Crippen molar-refractivity contribution in [2.24, 2.45) is 0 Å². The second-order valence-corrected chi connectivity index (χ2v) is 4.91. The maximum absolute atomic E-state index is 10.1. The van der Waals surface area contributed by atoms with Crippen LogP contribution in [0.5, 0.6) is 11.5 Å². The highest BCUT2D eigenvalue weighted by Crippen LogP contribution is 2.34. The number of benzene rings is 1. The van der Waals surface area contributed by atoms with Crippen LogP contribution >= 0.6 is 24.8 Å². The second kappa shape index (κ2) is 9.90. The zero-order valence-electron chi connectivity index (χ0n) is 12.0. The molecule has 6 heteroatoms. The summed E-state index contributed by atoms with van der Waals surface area (Å²) >= 11 is 0. The van der Waals surface area contributed by atoms with E-state index in [9.17, 15) is 10.2 Å². The second-order valence-electron chi connectivity index (χ2n) is 4.91. The summed E-state index contributed by atoms with van der Waals surface area (Å²) in [4.78, 5) is 2.36. The number of nitrogens with one attached hydrogen (secondary N) is 1. The SMILES string of the molecule is C=CCC[C@@H](c1cc(O)ccc1O)N1CCNCC1.Cl.Cl. The standard InChI is InChI=1S/C15H22N2O2.2ClH/c1-2-3-4-14(17-9-7-16-8-10-17)13-11-12(18)5-6-15(13)19;;/h2,5-6,11,14,16,18-19H,1,3-4,7-10H2;2*1H/t14-;;/m0../s1. The molecule has 1 aromatic rings. The first-order chi connectivity index (χ1) is 9.22. The number of piperazine rings is 1. The Morgan fingerprint density at radius 1 is 1.24 bits per heavy atom. The van der Waals surface area contributed by atoms with Crippen molar-refractivity contribution in [1.29, 1.82) is 0 Å². The first-order valence-corrected chi connectivity index (χ1v) is 6.80. The summed E-state index contributed by atoms with van der Waals surface area (Å²) < 4.78 is 0. The number of hydrogen-bond donors (Lipinski definition) is 3. The monoisotopic (exact) mass is 334 g/mol. The van der Waals surface area contributed by atoms with Crippen LogP contribution in [-0.2, 0) is 0 Å². The molecule has 21 heavy (non-hydrogen) atoms. The highest BCUT2D eigenvalue weighted by Gasteiger charge is 2.24. The van der Waals surface area contributed by atoms with E-state index in [-0.39, 0.29) is 42.4 Å². The zero-order chi connectivity index (χ0) is 13.7. The van der Waals surface area contributed by atoms with Crippen molar-refractivity contribution in [1.82, 2.24) is 10.2 Å². The van der Waals surface area contributed by atoms with Crippen LogP contribution in [0, 0.1) is 0 Å². The number of phenolic OH excluding ortho intramolecular Hbond substituents is 2. The van der Waals surface area contributed by atoms with E-state index in [0.717, 1.165) is 44.6 Å². The minimum absolute atomic E-state index is 0. The van der Waals surface area contributed by atoms with Crippen LogP contribution in [0.3, 0.4) is 0 Å². The van der Waals surface area contributed by atoms with Crippen molar-refractivity contribution in [2.45, 2.75) is 18.9 Å². The summed E-state index contributed by atoms with van der Waals surface area (Å²) in [5.41, 5.74) is 0.809. The normalized spacial score (nSPS) is 16.4. The van der Waals surface area contributed by atoms with E-state index in [2.05, 4.69) is 16.8 Å². The van der Waals surface area contributed by atoms with E-state index < -0.39 is 0 Å². The van der Waals surface area contributed by atoms with Crippen LogP contribution in [-0.4, -0.2) is 41.3 Å². The number of aromatic hydroxyl groups is 2. The highest BCUT2D eigenvalue weighted by molar-refractivity contribution is 5.85. The lowest BCUT2D eigenvalue weighted by molar-refractivity contribution is 0.163. The van der Waals surface area contributed by atoms with Gasteiger partial charge in [0.25, 0.3) is 0 Å². The van der Waals surface area contributed by atoms with Gasteiger partial charge in [0, 0.05) is 37.8 Å². The summed E-state index contributed by atoms with van der Waals surface area (Å²) in [6, 6.07) is 4.88. The maximum Gasteiger partial charge on any atom is 0.120 e. The molecule has 1 aliphatic heterocycles. The van der Waals surface area contributed by atoms with Gasteiger partial charge in [0.05, 0.1) is 0 Å². The Balaban J connectivity index is 0.00000200. The number of phenols is 2. The molecule has 4 nitrogen and oxygen atoms in total. The van der Waals surface area contributed by atoms with Crippen molar-refractivity contribution in [3.05, 3.63) is 36.4 Å². The summed E-state index contributed by atoms with van der Waals surface area (Å²) in [5, 5.41) is 23.0. The molecular formula is C15H24Cl2N2O2. The Labute approximate surface area is 138 Å². The Morgan fingerprint density at radius 3 is 2.52 bits per heavy atom. The molecule has 120 valence electrons. The lowest BCUT2D eigenvalue weighted by Gasteiger charge is -2.35. The van der Waals surface area contributed by atoms with Crippen LogP contribution in [0.25, 0.3) is 0 Å². The summed E-state index contributed by atoms with van der Waals surface area (Å²) in [6.07, 6.45) is 3.69. The van der Waals surface area contributed by atoms with Crippen LogP contribution in [0.15, 0.2) is 30.9 Å². The van der Waals surface area contributed by atoms with Gasteiger partial charge in [0.15, 0.2) is 0 Å². The smallest absolute Gasteiger partial charge is 0.120 e. The fraction of sp³-hybridized carbons (Fsp3) is 0.467. The summed E-state index contributed by atoms with van der Waals surface area (Å²) in [5.74, 6) is 0.455. The molecule has 1 atom stereocenters. The van der Waals surface area contributed by atoms with Gasteiger partial charge in [0.1, 0.15) is 11.5 Å². The molecule has 1 aliphatic rings. The average Bonchev–Trinajstić information content (AvgIpc) is 2.44. The number of hydrogen-bond acceptors (Lipinski definition) is 4. The molecular weight excluding hydrogens is 311 g/mol. The third-order valence-electron chi connectivity index (χ3n) is 3.61. The van der Waals surface area contributed by atoms with Gasteiger partial charge in [-0.2, -0.15) is 0 Å². The number of halogens is 2. The quantitative estimate of drug-likeness (QED) is 0.572. The molecule has 0 amide bonds. The van der Waals surface area contributed by atoms with Gasteiger partial charge in [-0.05, 0) is 31.0 Å². The number of rotatable bonds is 5. The van der Waals surface area contributed by atoms with Gasteiger partial charge in [-0.1, -0.05) is 6.08 Å². The third-order valence-corrected chi connectivity index (χ3v) is 3.61. The van der Waals surface area contributed by atoms with Crippen LogP contribution in [0.1, 0.15) is 24.4 Å². The Hall–Kier alpha value is -0.940. The minimum atomic E-state index is 0. The number of nitrogens with zero attached hydrogens (tertiary/aromatic N) is 1. The maximum atomic E-state index is 10.1. The molecule has 0 bridgehead atoms. The van der Waals surface area contributed by atoms with Crippen molar-refractivity contribution in [2.75, 3.05) is 26.2 Å². The van der Waals surface area contributed by atoms with Crippen molar-refractivity contribution >= 4 is 24.8 Å². The molecule has 0 aromatic heterocycles. The first kappa shape index (κ1) is 20.1. The minimum Gasteiger partial charge on any atom is -0.508 e. The van der Waals surface area contributed by atoms with Crippen LogP contribution in [0.4, 0.5) is 0 Å². The first-order valence-electron chi connectivity index (χ1n) is 6.80. The molecule has 1 aromatic carbocycles. The molecule has 1 saturated heterocycles. The average molecular weight is 335 g/mol. The predicted molar refractivity (Wildman–Crippen MR) is 90.9 cm³/mol. The molecule has 0 saturated carbocycles. The van der Waals surface area contributed by atoms with Crippen molar-refractivity contribution in [3.63, 3.8) is 0 Å². The highest BCUT2D eigenvalue weighted by atomic mass is 35.5. The van der Waals surface area contributed by atoms with Gasteiger partial charge in [-0.15, -0.1) is 31.4 Å². The van der Waals surface area contributed by atoms with Crippen molar-refractivity contribution in [3.8, 4) is 11.5 Å². The van der Waals surface area contributed by atoms with E-state index in [0.29, 0.717) is 0 Å².